The Morgan fingerprint density at radius 2 is 1.46 bits per heavy atom. The minimum absolute atomic E-state index is 0.101. The summed E-state index contributed by atoms with van der Waals surface area (Å²) in [5.41, 5.74) is 5.13. The van der Waals surface area contributed by atoms with Gasteiger partial charge in [-0.2, -0.15) is 0 Å². The predicted octanol–water partition coefficient (Wildman–Crippen LogP) is 8.06. The van der Waals surface area contributed by atoms with E-state index >= 15 is 0 Å². The summed E-state index contributed by atoms with van der Waals surface area (Å²) in [5, 5.41) is 10.6. The number of phenolic OH excluding ortho intramolecular Hbond substituents is 1. The molecule has 2 aromatic carbocycles. The number of benzene rings is 2. The van der Waals surface area contributed by atoms with Gasteiger partial charge in [-0.25, -0.2) is 0 Å². The summed E-state index contributed by atoms with van der Waals surface area (Å²) in [5.74, 6) is 1.25. The molecule has 0 spiro atoms. The Labute approximate surface area is 187 Å². The van der Waals surface area contributed by atoms with E-state index in [2.05, 4.69) is 71.7 Å². The zero-order chi connectivity index (χ0) is 21.5. The molecule has 0 fully saturated rings. The second-order valence-electron chi connectivity index (χ2n) is 8.49. The number of aliphatic imine (C=N–C) groups is 1. The zero-order valence-electron chi connectivity index (χ0n) is 17.8. The Morgan fingerprint density at radius 1 is 0.964 bits per heavy atom. The summed E-state index contributed by atoms with van der Waals surface area (Å²) in [6.45, 7) is 15.1. The van der Waals surface area contributed by atoms with Crippen LogP contribution in [0.4, 0.5) is 5.69 Å². The van der Waals surface area contributed by atoms with Gasteiger partial charge in [0.05, 0.1) is 5.69 Å². The van der Waals surface area contributed by atoms with Crippen molar-refractivity contribution in [2.75, 3.05) is 0 Å². The molecule has 0 aliphatic heterocycles. The molecule has 0 heterocycles. The first kappa shape index (κ1) is 25.2. The molecule has 2 aromatic rings. The third-order valence-corrected chi connectivity index (χ3v) is 4.52. The van der Waals surface area contributed by atoms with Gasteiger partial charge in [0, 0.05) is 11.8 Å². The molecule has 0 unspecified atom stereocenters. The summed E-state index contributed by atoms with van der Waals surface area (Å²) < 4.78 is 0. The van der Waals surface area contributed by atoms with Gasteiger partial charge >= 0.3 is 35.6 Å². The number of rotatable bonds is 4. The van der Waals surface area contributed by atoms with Crippen molar-refractivity contribution in [2.24, 2.45) is 4.99 Å². The van der Waals surface area contributed by atoms with Crippen molar-refractivity contribution in [3.8, 4) is 5.75 Å². The van der Waals surface area contributed by atoms with Crippen LogP contribution < -0.4 is 0 Å². The van der Waals surface area contributed by atoms with Crippen molar-refractivity contribution >= 4 is 30.5 Å². The van der Waals surface area contributed by atoms with Crippen LogP contribution in [0, 0.1) is 0 Å². The number of aromatic hydroxyl groups is 1. The maximum absolute atomic E-state index is 10.6. The van der Waals surface area contributed by atoms with Gasteiger partial charge in [0.2, 0.25) is 0 Å². The third-order valence-electron chi connectivity index (χ3n) is 4.52. The normalized spacial score (nSPS) is 11.7. The Bertz CT molecular complexity index is 769. The van der Waals surface area contributed by atoms with E-state index in [9.17, 15) is 5.11 Å². The molecule has 152 valence electrons. The van der Waals surface area contributed by atoms with Gasteiger partial charge in [-0.3, -0.25) is 4.99 Å². The molecule has 0 saturated heterocycles. The molecular weight excluding hydrogens is 425 g/mol. The van der Waals surface area contributed by atoms with E-state index in [4.69, 9.17) is 18.6 Å². The number of hydrogen-bond donors (Lipinski definition) is 1. The molecular formula is C23H31Cl2NOTi. The van der Waals surface area contributed by atoms with Gasteiger partial charge in [-0.1, -0.05) is 66.7 Å². The van der Waals surface area contributed by atoms with E-state index in [1.165, 1.54) is 11.1 Å². The standard InChI is InChI=1S/C23H31NO.2ClH.Ti/c1-15(2)18-11-19(16(3)4)13-20(12-18)24-14-17-9-8-10-21(22(17)25)23(5,6)7;;;/h8-16,25H,1-7H3;2*1H;/q;;;+2/p-2. The van der Waals surface area contributed by atoms with Crippen LogP contribution in [0.25, 0.3) is 0 Å². The van der Waals surface area contributed by atoms with Crippen LogP contribution in [0.1, 0.15) is 82.6 Å². The molecule has 0 radical (unpaired) electrons. The van der Waals surface area contributed by atoms with Gasteiger partial charge in [0.1, 0.15) is 5.75 Å². The Kier molecular flexibility index (Phi) is 10.3. The van der Waals surface area contributed by atoms with Gasteiger partial charge in [0.15, 0.2) is 0 Å². The monoisotopic (exact) mass is 455 g/mol. The number of para-hydroxylation sites is 1. The van der Waals surface area contributed by atoms with Crippen LogP contribution in [0.3, 0.4) is 0 Å². The average Bonchev–Trinajstić information content (AvgIpc) is 2.60. The van der Waals surface area contributed by atoms with Crippen molar-refractivity contribution in [3.63, 3.8) is 0 Å². The second-order valence-corrected chi connectivity index (χ2v) is 11.1. The molecule has 0 aromatic heterocycles. The first-order chi connectivity index (χ1) is 13.0. The molecule has 5 heteroatoms. The van der Waals surface area contributed by atoms with Crippen molar-refractivity contribution in [2.45, 2.75) is 65.7 Å². The molecule has 0 amide bonds. The van der Waals surface area contributed by atoms with E-state index in [1.807, 2.05) is 18.2 Å². The number of phenols is 1. The summed E-state index contributed by atoms with van der Waals surface area (Å²) in [7, 11) is 9.78. The maximum atomic E-state index is 10.6. The quantitative estimate of drug-likeness (QED) is 0.366. The molecule has 2 nitrogen and oxygen atoms in total. The van der Waals surface area contributed by atoms with Crippen LogP contribution in [0.5, 0.6) is 5.75 Å². The van der Waals surface area contributed by atoms with Crippen molar-refractivity contribution < 1.29 is 22.1 Å². The van der Waals surface area contributed by atoms with E-state index in [0.29, 0.717) is 17.6 Å². The topological polar surface area (TPSA) is 32.6 Å². The second kappa shape index (κ2) is 11.4. The fourth-order valence-corrected chi connectivity index (χ4v) is 2.82. The van der Waals surface area contributed by atoms with Gasteiger partial charge in [0.25, 0.3) is 0 Å². The Balaban J connectivity index is 0.00000122. The summed E-state index contributed by atoms with van der Waals surface area (Å²) in [4.78, 5) is 4.66. The number of nitrogens with zero attached hydrogens (tertiary/aromatic N) is 1. The van der Waals surface area contributed by atoms with Crippen molar-refractivity contribution in [1.82, 2.24) is 0 Å². The Hall–Kier alpha value is -0.796. The molecule has 1 N–H and O–H groups in total. The SMILES string of the molecule is CC(C)c1cc(N=Cc2cccc(C(C)(C)C)c2O)cc(C(C)C)c1.[Cl][Ti][Cl]. The van der Waals surface area contributed by atoms with Gasteiger partial charge < -0.3 is 5.11 Å². The first-order valence-corrected chi connectivity index (χ1v) is 13.8. The minimum atomic E-state index is -0.556. The van der Waals surface area contributed by atoms with E-state index in [1.54, 1.807) is 6.21 Å². The number of halogens is 2. The van der Waals surface area contributed by atoms with E-state index in [-0.39, 0.29) is 5.41 Å². The fraction of sp³-hybridized carbons (Fsp3) is 0.435. The average molecular weight is 456 g/mol. The summed E-state index contributed by atoms with van der Waals surface area (Å²) >= 11 is -0.556. The van der Waals surface area contributed by atoms with Crippen LogP contribution >= 0.6 is 18.6 Å². The predicted molar refractivity (Wildman–Crippen MR) is 120 cm³/mol. The summed E-state index contributed by atoms with van der Waals surface area (Å²) in [6, 6.07) is 12.4. The summed E-state index contributed by atoms with van der Waals surface area (Å²) in [6.07, 6.45) is 1.77. The van der Waals surface area contributed by atoms with Crippen molar-refractivity contribution in [1.29, 1.82) is 0 Å². The van der Waals surface area contributed by atoms with Gasteiger partial charge in [-0.15, -0.1) is 0 Å². The van der Waals surface area contributed by atoms with Crippen LogP contribution in [0.2, 0.25) is 0 Å². The molecule has 2 rings (SSSR count). The first-order valence-electron chi connectivity index (χ1n) is 9.48. The van der Waals surface area contributed by atoms with E-state index in [0.717, 1.165) is 16.8 Å². The molecule has 0 bridgehead atoms. The zero-order valence-corrected chi connectivity index (χ0v) is 20.9. The molecule has 0 aliphatic carbocycles. The van der Waals surface area contributed by atoms with E-state index < -0.39 is 17.0 Å². The number of hydrogen-bond acceptors (Lipinski definition) is 2. The molecule has 28 heavy (non-hydrogen) atoms. The van der Waals surface area contributed by atoms with Crippen LogP contribution in [0.15, 0.2) is 41.4 Å². The Morgan fingerprint density at radius 3 is 1.89 bits per heavy atom. The van der Waals surface area contributed by atoms with Crippen molar-refractivity contribution in [3.05, 3.63) is 58.7 Å². The molecule has 0 saturated carbocycles. The third kappa shape index (κ3) is 7.56. The van der Waals surface area contributed by atoms with Crippen LogP contribution in [-0.4, -0.2) is 11.3 Å². The fourth-order valence-electron chi connectivity index (χ4n) is 2.82. The molecule has 0 atom stereocenters. The molecule has 0 aliphatic rings. The van der Waals surface area contributed by atoms with Crippen LogP contribution in [-0.2, 0) is 22.4 Å². The van der Waals surface area contributed by atoms with Gasteiger partial charge in [-0.05, 0) is 52.1 Å².